The number of hydrogen-bond donors (Lipinski definition) is 2. The number of imide groups is 1. The number of nitrogens with one attached hydrogen (secondary N) is 2. The van der Waals surface area contributed by atoms with E-state index in [-0.39, 0.29) is 35.4 Å². The molecule has 1 atom stereocenters. The van der Waals surface area contributed by atoms with E-state index in [0.29, 0.717) is 23.9 Å². The van der Waals surface area contributed by atoms with Crippen molar-refractivity contribution in [3.8, 4) is 0 Å². The van der Waals surface area contributed by atoms with Gasteiger partial charge in [-0.2, -0.15) is 4.98 Å². The molecule has 1 spiro atoms. The first kappa shape index (κ1) is 35.2. The van der Waals surface area contributed by atoms with Crippen molar-refractivity contribution in [2.75, 3.05) is 50.5 Å². The molecular weight excluding hydrogens is 699 g/mol. The van der Waals surface area contributed by atoms with Gasteiger partial charge >= 0.3 is 5.69 Å². The molecule has 1 saturated carbocycles. The third-order valence-electron chi connectivity index (χ3n) is 12.2. The fourth-order valence-corrected chi connectivity index (χ4v) is 9.41. The van der Waals surface area contributed by atoms with Gasteiger partial charge in [-0.1, -0.05) is 25.0 Å². The molecule has 1 aliphatic carbocycles. The molecule has 15 nitrogen and oxygen atoms in total. The van der Waals surface area contributed by atoms with Crippen LogP contribution in [0, 0.1) is 5.41 Å². The second-order valence-corrected chi connectivity index (χ2v) is 16.1. The van der Waals surface area contributed by atoms with Crippen LogP contribution in [0.5, 0.6) is 0 Å². The summed E-state index contributed by atoms with van der Waals surface area (Å²) < 4.78 is 5.32. The van der Waals surface area contributed by atoms with Gasteiger partial charge in [-0.05, 0) is 67.3 Å². The lowest BCUT2D eigenvalue weighted by molar-refractivity contribution is -0.135. The van der Waals surface area contributed by atoms with Crippen LogP contribution < -0.4 is 21.2 Å². The van der Waals surface area contributed by atoms with Crippen LogP contribution in [0.4, 0.5) is 17.5 Å². The first-order chi connectivity index (χ1) is 26.6. The van der Waals surface area contributed by atoms with E-state index in [4.69, 9.17) is 9.97 Å². The minimum atomic E-state index is -0.697. The van der Waals surface area contributed by atoms with E-state index in [1.165, 1.54) is 0 Å². The summed E-state index contributed by atoms with van der Waals surface area (Å²) in [6.45, 7) is 4.66. The number of aryl methyl sites for hydroxylation is 1. The first-order valence-electron chi connectivity index (χ1n) is 19.4. The minimum absolute atomic E-state index is 0.0290. The lowest BCUT2D eigenvalue weighted by Gasteiger charge is -2.54. The molecule has 7 heterocycles. The Morgan fingerprint density at radius 1 is 0.982 bits per heavy atom. The fraction of sp³-hybridized carbons (Fsp3) is 0.475. The molecule has 3 saturated heterocycles. The first-order valence-corrected chi connectivity index (χ1v) is 19.4. The van der Waals surface area contributed by atoms with Crippen LogP contribution in [0.15, 0.2) is 53.6 Å². The molecule has 0 bridgehead atoms. The molecule has 55 heavy (non-hydrogen) atoms. The molecule has 286 valence electrons. The average Bonchev–Trinajstić information content (AvgIpc) is 3.89. The average molecular weight is 746 g/mol. The topological polar surface area (TPSA) is 156 Å². The number of amides is 3. The zero-order valence-corrected chi connectivity index (χ0v) is 31.6. The highest BCUT2D eigenvalue weighted by Crippen LogP contribution is 2.43. The summed E-state index contributed by atoms with van der Waals surface area (Å²) in [5, 5.41) is 6.53. The molecule has 4 aliphatic rings. The summed E-state index contributed by atoms with van der Waals surface area (Å²) in [4.78, 5) is 71.6. The molecule has 3 aliphatic heterocycles. The Morgan fingerprint density at radius 2 is 1.76 bits per heavy atom. The molecule has 2 N–H and O–H groups in total. The van der Waals surface area contributed by atoms with Gasteiger partial charge in [-0.15, -0.1) is 0 Å². The fourth-order valence-electron chi connectivity index (χ4n) is 9.41. The number of nitrogens with zero attached hydrogens (tertiary/aromatic N) is 9. The molecule has 5 aromatic rings. The SMILES string of the molecule is CN(C)C(=O)c1cc2cnc(Nc3ccc(CN4CC5(CCN(c6cccc7c6n(C)c(=O)n7[C@H]6CCC(=O)NC6=O)CC5)C4)cn3)nc2n1C1CCCC1. The third kappa shape index (κ3) is 6.23. The highest BCUT2D eigenvalue weighted by molar-refractivity contribution is 6.01. The van der Waals surface area contributed by atoms with E-state index in [2.05, 4.69) is 42.1 Å². The molecule has 1 aromatic carbocycles. The quantitative estimate of drug-likeness (QED) is 0.222. The maximum absolute atomic E-state index is 13.4. The molecule has 0 unspecified atom stereocenters. The monoisotopic (exact) mass is 745 g/mol. The zero-order chi connectivity index (χ0) is 38.0. The van der Waals surface area contributed by atoms with Crippen LogP contribution in [-0.2, 0) is 23.2 Å². The van der Waals surface area contributed by atoms with Gasteiger partial charge in [0, 0.05) is 84.1 Å². The second-order valence-electron chi connectivity index (χ2n) is 16.1. The number of benzene rings is 1. The maximum atomic E-state index is 13.4. The van der Waals surface area contributed by atoms with Crippen LogP contribution in [0.25, 0.3) is 22.1 Å². The van der Waals surface area contributed by atoms with Crippen molar-refractivity contribution in [1.82, 2.24) is 43.8 Å². The smallest absolute Gasteiger partial charge is 0.329 e. The van der Waals surface area contributed by atoms with E-state index >= 15 is 0 Å². The highest BCUT2D eigenvalue weighted by atomic mass is 16.2. The third-order valence-corrected chi connectivity index (χ3v) is 12.2. The van der Waals surface area contributed by atoms with E-state index in [0.717, 1.165) is 105 Å². The number of carbonyl (C=O) groups is 3. The molecule has 4 aromatic heterocycles. The van der Waals surface area contributed by atoms with Crippen molar-refractivity contribution in [1.29, 1.82) is 0 Å². The van der Waals surface area contributed by atoms with Crippen LogP contribution in [0.2, 0.25) is 0 Å². The highest BCUT2D eigenvalue weighted by Gasteiger charge is 2.45. The van der Waals surface area contributed by atoms with Crippen molar-refractivity contribution < 1.29 is 14.4 Å². The van der Waals surface area contributed by atoms with Gasteiger partial charge in [0.2, 0.25) is 17.8 Å². The number of rotatable bonds is 8. The largest absolute Gasteiger partial charge is 0.370 e. The number of likely N-dealkylation sites (tertiary alicyclic amines) is 1. The number of piperidine rings is 2. The van der Waals surface area contributed by atoms with E-state index in [9.17, 15) is 19.2 Å². The number of fused-ring (bicyclic) bond motifs is 2. The number of para-hydroxylation sites is 1. The Labute approximate surface area is 318 Å². The number of anilines is 3. The standard InChI is InChI=1S/C40H47N11O4/c1-46(2)37(54)31-19-26-21-42-38(45-35(26)50(31)27-7-4-5-8-27)43-32-13-11-25(20-41-32)22-48-23-40(24-48)15-17-49(18-16-40)28-9-6-10-29-34(28)47(3)39(55)51(29)30-12-14-33(52)44-36(30)53/h6,9-11,13,19-21,27,30H,4-5,7-8,12,14-18,22-24H2,1-3H3,(H,44,52,53)(H,41,42,43,45)/t30-/m0/s1. The van der Waals surface area contributed by atoms with Crippen molar-refractivity contribution in [3.63, 3.8) is 0 Å². The van der Waals surface area contributed by atoms with Crippen LogP contribution in [0.3, 0.4) is 0 Å². The molecular formula is C40H47N11O4. The van der Waals surface area contributed by atoms with Crippen molar-refractivity contribution in [3.05, 3.63) is 70.5 Å². The second kappa shape index (κ2) is 13.6. The zero-order valence-electron chi connectivity index (χ0n) is 31.6. The van der Waals surface area contributed by atoms with Crippen molar-refractivity contribution in [2.24, 2.45) is 12.5 Å². The van der Waals surface area contributed by atoms with Crippen LogP contribution >= 0.6 is 0 Å². The molecule has 15 heteroatoms. The normalized spacial score (nSPS) is 20.3. The van der Waals surface area contributed by atoms with Crippen LogP contribution in [0.1, 0.15) is 79.5 Å². The summed E-state index contributed by atoms with van der Waals surface area (Å²) in [7, 11) is 5.32. The van der Waals surface area contributed by atoms with Gasteiger partial charge in [-0.3, -0.25) is 33.7 Å². The molecule has 4 fully saturated rings. The van der Waals surface area contributed by atoms with E-state index in [1.54, 1.807) is 41.4 Å². The number of pyridine rings is 1. The lowest BCUT2D eigenvalue weighted by atomic mass is 9.72. The number of carbonyl (C=O) groups excluding carboxylic acids is 3. The van der Waals surface area contributed by atoms with Gasteiger partial charge in [-0.25, -0.2) is 14.8 Å². The number of aromatic nitrogens is 6. The maximum Gasteiger partial charge on any atom is 0.329 e. The summed E-state index contributed by atoms with van der Waals surface area (Å²) in [6.07, 6.45) is 10.7. The Kier molecular flexibility index (Phi) is 8.71. The van der Waals surface area contributed by atoms with Crippen LogP contribution in [-0.4, -0.2) is 96.4 Å². The summed E-state index contributed by atoms with van der Waals surface area (Å²) in [6, 6.07) is 11.4. The Bertz CT molecular complexity index is 2370. The van der Waals surface area contributed by atoms with Gasteiger partial charge < -0.3 is 19.7 Å². The number of hydrogen-bond acceptors (Lipinski definition) is 10. The Morgan fingerprint density at radius 3 is 2.47 bits per heavy atom. The predicted molar refractivity (Wildman–Crippen MR) is 208 cm³/mol. The van der Waals surface area contributed by atoms with Gasteiger partial charge in [0.05, 0.1) is 16.7 Å². The van der Waals surface area contributed by atoms with Gasteiger partial charge in [0.25, 0.3) is 5.91 Å². The van der Waals surface area contributed by atoms with Gasteiger partial charge in [0.15, 0.2) is 0 Å². The van der Waals surface area contributed by atoms with Crippen molar-refractivity contribution in [2.45, 2.75) is 70.0 Å². The Hall–Kier alpha value is -5.57. The van der Waals surface area contributed by atoms with E-state index in [1.807, 2.05) is 30.5 Å². The number of imidazole rings is 1. The molecule has 3 amide bonds. The minimum Gasteiger partial charge on any atom is -0.370 e. The Balaban J connectivity index is 0.827. The molecule has 9 rings (SSSR count). The van der Waals surface area contributed by atoms with Crippen molar-refractivity contribution >= 4 is 57.2 Å². The summed E-state index contributed by atoms with van der Waals surface area (Å²) in [5.41, 5.74) is 5.15. The summed E-state index contributed by atoms with van der Waals surface area (Å²) in [5.74, 6) is 0.376. The predicted octanol–water partition coefficient (Wildman–Crippen LogP) is 4.12. The van der Waals surface area contributed by atoms with E-state index < -0.39 is 11.9 Å². The molecule has 0 radical (unpaired) electrons. The lowest BCUT2D eigenvalue weighted by Crippen LogP contribution is -2.59. The summed E-state index contributed by atoms with van der Waals surface area (Å²) >= 11 is 0. The van der Waals surface area contributed by atoms with Gasteiger partial charge in [0.1, 0.15) is 23.2 Å².